The van der Waals surface area contributed by atoms with E-state index in [1.807, 2.05) is 32.9 Å². The Kier molecular flexibility index (Phi) is 6.70. The van der Waals surface area contributed by atoms with Crippen LogP contribution in [0.1, 0.15) is 25.4 Å². The molecule has 0 radical (unpaired) electrons. The Bertz CT molecular complexity index is 1090. The number of amides is 1. The van der Waals surface area contributed by atoms with Crippen molar-refractivity contribution in [3.63, 3.8) is 0 Å². The van der Waals surface area contributed by atoms with Gasteiger partial charge < -0.3 is 9.32 Å². The predicted octanol–water partition coefficient (Wildman–Crippen LogP) is 4.36. The topological polar surface area (TPSA) is 68.3 Å². The molecule has 3 aromatic rings. The molecule has 0 aliphatic heterocycles. The summed E-state index contributed by atoms with van der Waals surface area (Å²) in [7, 11) is 1.73. The van der Waals surface area contributed by atoms with Gasteiger partial charge >= 0.3 is 0 Å². The quantitative estimate of drug-likeness (QED) is 0.409. The summed E-state index contributed by atoms with van der Waals surface area (Å²) in [6.07, 6.45) is 0. The number of rotatable bonds is 7. The van der Waals surface area contributed by atoms with Gasteiger partial charge in [0.15, 0.2) is 5.16 Å². The maximum Gasteiger partial charge on any atom is 0.262 e. The van der Waals surface area contributed by atoms with Crippen LogP contribution < -0.4 is 5.56 Å². The summed E-state index contributed by atoms with van der Waals surface area (Å²) in [5, 5.41) is 1.52. The molecule has 0 fully saturated rings. The van der Waals surface area contributed by atoms with Crippen molar-refractivity contribution in [3.05, 3.63) is 57.2 Å². The largest absolute Gasteiger partial charge is 0.464 e. The molecule has 0 aliphatic rings. The molecule has 29 heavy (non-hydrogen) atoms. The predicted molar refractivity (Wildman–Crippen MR) is 116 cm³/mol. The Morgan fingerprint density at radius 1 is 1.31 bits per heavy atom. The average molecular weight is 434 g/mol. The van der Waals surface area contributed by atoms with Gasteiger partial charge in [0.2, 0.25) is 5.91 Å². The fourth-order valence-electron chi connectivity index (χ4n) is 2.94. The van der Waals surface area contributed by atoms with Crippen LogP contribution >= 0.6 is 23.4 Å². The average Bonchev–Trinajstić information content (AvgIpc) is 3.07. The third-order valence-electron chi connectivity index (χ3n) is 4.37. The third-order valence-corrected chi connectivity index (χ3v) is 5.56. The number of carbonyl (C=O) groups excluding carboxylic acids is 1. The van der Waals surface area contributed by atoms with Gasteiger partial charge in [-0.1, -0.05) is 37.2 Å². The van der Waals surface area contributed by atoms with Crippen LogP contribution in [0.15, 0.2) is 44.7 Å². The molecule has 0 aliphatic carbocycles. The Morgan fingerprint density at radius 3 is 2.72 bits per heavy atom. The standard InChI is InChI=1S/C21H24ClN3O3S/c1-13(2)10-25-20(27)17-9-15(22)6-8-18(17)23-21(25)29-12-19(26)24(4)11-16-7-5-14(3)28-16/h5-9,13H,10-12H2,1-4H3. The molecule has 8 heteroatoms. The minimum absolute atomic E-state index is 0.0643. The molecule has 3 rings (SSSR count). The molecule has 0 saturated heterocycles. The molecule has 2 heterocycles. The molecule has 0 atom stereocenters. The maximum absolute atomic E-state index is 13.0. The number of fused-ring (bicyclic) bond motifs is 1. The van der Waals surface area contributed by atoms with Crippen LogP contribution in [0, 0.1) is 12.8 Å². The number of halogens is 1. The van der Waals surface area contributed by atoms with Gasteiger partial charge in [-0.2, -0.15) is 0 Å². The summed E-state index contributed by atoms with van der Waals surface area (Å²) in [4.78, 5) is 31.8. The molecule has 0 unspecified atom stereocenters. The second-order valence-corrected chi connectivity index (χ2v) is 8.80. The number of benzene rings is 1. The molecule has 0 N–H and O–H groups in total. The highest BCUT2D eigenvalue weighted by atomic mass is 35.5. The highest BCUT2D eigenvalue weighted by Gasteiger charge is 2.17. The molecule has 0 bridgehead atoms. The summed E-state index contributed by atoms with van der Waals surface area (Å²) >= 11 is 7.33. The summed E-state index contributed by atoms with van der Waals surface area (Å²) in [6.45, 7) is 6.86. The molecule has 6 nitrogen and oxygen atoms in total. The normalized spacial score (nSPS) is 11.4. The fraction of sp³-hybridized carbons (Fsp3) is 0.381. The third kappa shape index (κ3) is 5.22. The number of furan rings is 1. The lowest BCUT2D eigenvalue weighted by atomic mass is 10.2. The van der Waals surface area contributed by atoms with Gasteiger partial charge in [0.05, 0.1) is 23.2 Å². The second-order valence-electron chi connectivity index (χ2n) is 7.42. The van der Waals surface area contributed by atoms with Gasteiger partial charge in [-0.05, 0) is 43.2 Å². The van der Waals surface area contributed by atoms with Crippen molar-refractivity contribution >= 4 is 40.2 Å². The van der Waals surface area contributed by atoms with Crippen LogP contribution in [0.3, 0.4) is 0 Å². The Labute approximate surface area is 178 Å². The van der Waals surface area contributed by atoms with E-state index in [1.54, 1.807) is 34.7 Å². The van der Waals surface area contributed by atoms with Gasteiger partial charge in [-0.15, -0.1) is 0 Å². The zero-order valence-corrected chi connectivity index (χ0v) is 18.5. The van der Waals surface area contributed by atoms with Gasteiger partial charge in [-0.25, -0.2) is 4.98 Å². The van der Waals surface area contributed by atoms with Crippen LogP contribution in [-0.4, -0.2) is 33.2 Å². The maximum atomic E-state index is 13.0. The lowest BCUT2D eigenvalue weighted by Gasteiger charge is -2.17. The second kappa shape index (κ2) is 9.05. The molecule has 154 valence electrons. The van der Waals surface area contributed by atoms with Gasteiger partial charge in [0.1, 0.15) is 11.5 Å². The molecule has 1 aromatic carbocycles. The molecule has 0 spiro atoms. The van der Waals surface area contributed by atoms with Crippen molar-refractivity contribution in [2.24, 2.45) is 5.92 Å². The Morgan fingerprint density at radius 2 is 2.07 bits per heavy atom. The SMILES string of the molecule is Cc1ccc(CN(C)C(=O)CSc2nc3ccc(Cl)cc3c(=O)n2CC(C)C)o1. The number of carbonyl (C=O) groups is 1. The van der Waals surface area contributed by atoms with Gasteiger partial charge in [0, 0.05) is 18.6 Å². The fourth-order valence-corrected chi connectivity index (χ4v) is 4.06. The van der Waals surface area contributed by atoms with E-state index >= 15 is 0 Å². The zero-order valence-electron chi connectivity index (χ0n) is 16.9. The van der Waals surface area contributed by atoms with Crippen LogP contribution in [0.5, 0.6) is 0 Å². The highest BCUT2D eigenvalue weighted by Crippen LogP contribution is 2.22. The van der Waals surface area contributed by atoms with E-state index in [0.29, 0.717) is 34.2 Å². The van der Waals surface area contributed by atoms with E-state index in [0.717, 1.165) is 11.5 Å². The Balaban J connectivity index is 1.81. The van der Waals surface area contributed by atoms with Crippen molar-refractivity contribution in [2.75, 3.05) is 12.8 Å². The first-order valence-electron chi connectivity index (χ1n) is 9.36. The minimum atomic E-state index is -0.138. The first-order chi connectivity index (χ1) is 13.7. The number of nitrogens with zero attached hydrogens (tertiary/aromatic N) is 3. The van der Waals surface area contributed by atoms with Crippen molar-refractivity contribution < 1.29 is 9.21 Å². The van der Waals surface area contributed by atoms with Crippen LogP contribution in [0.4, 0.5) is 0 Å². The minimum Gasteiger partial charge on any atom is -0.464 e. The smallest absolute Gasteiger partial charge is 0.262 e. The van der Waals surface area contributed by atoms with E-state index in [4.69, 9.17) is 16.0 Å². The molecular formula is C21H24ClN3O3S. The first-order valence-corrected chi connectivity index (χ1v) is 10.7. The van der Waals surface area contributed by atoms with Crippen molar-refractivity contribution in [1.29, 1.82) is 0 Å². The van der Waals surface area contributed by atoms with E-state index in [2.05, 4.69) is 4.98 Å². The lowest BCUT2D eigenvalue weighted by Crippen LogP contribution is -2.29. The van der Waals surface area contributed by atoms with Crippen molar-refractivity contribution in [2.45, 2.75) is 39.0 Å². The number of aryl methyl sites for hydroxylation is 1. The summed E-state index contributed by atoms with van der Waals surface area (Å²) < 4.78 is 7.17. The van der Waals surface area contributed by atoms with E-state index in [1.165, 1.54) is 11.8 Å². The monoisotopic (exact) mass is 433 g/mol. The van der Waals surface area contributed by atoms with Crippen molar-refractivity contribution in [1.82, 2.24) is 14.5 Å². The number of thioether (sulfide) groups is 1. The van der Waals surface area contributed by atoms with Crippen LogP contribution in [-0.2, 0) is 17.9 Å². The lowest BCUT2D eigenvalue weighted by molar-refractivity contribution is -0.127. The van der Waals surface area contributed by atoms with E-state index in [9.17, 15) is 9.59 Å². The van der Waals surface area contributed by atoms with Crippen molar-refractivity contribution in [3.8, 4) is 0 Å². The molecular weight excluding hydrogens is 410 g/mol. The molecule has 2 aromatic heterocycles. The van der Waals surface area contributed by atoms with Crippen LogP contribution in [0.25, 0.3) is 10.9 Å². The highest BCUT2D eigenvalue weighted by molar-refractivity contribution is 7.99. The summed E-state index contributed by atoms with van der Waals surface area (Å²) in [6, 6.07) is 8.82. The van der Waals surface area contributed by atoms with Gasteiger partial charge in [-0.3, -0.25) is 14.2 Å². The zero-order chi connectivity index (χ0) is 21.1. The molecule has 0 saturated carbocycles. The molecule has 1 amide bonds. The van der Waals surface area contributed by atoms with E-state index < -0.39 is 0 Å². The number of hydrogen-bond acceptors (Lipinski definition) is 5. The van der Waals surface area contributed by atoms with E-state index in [-0.39, 0.29) is 23.1 Å². The summed E-state index contributed by atoms with van der Waals surface area (Å²) in [5.74, 6) is 1.92. The Hall–Kier alpha value is -2.25. The van der Waals surface area contributed by atoms with Crippen LogP contribution in [0.2, 0.25) is 5.02 Å². The summed E-state index contributed by atoms with van der Waals surface area (Å²) in [5.41, 5.74) is 0.439. The first kappa shape index (κ1) is 21.5. The number of aromatic nitrogens is 2. The number of hydrogen-bond donors (Lipinski definition) is 0. The van der Waals surface area contributed by atoms with Gasteiger partial charge in [0.25, 0.3) is 5.56 Å².